The van der Waals surface area contributed by atoms with Crippen molar-refractivity contribution < 1.29 is 9.25 Å². The van der Waals surface area contributed by atoms with E-state index in [1.807, 2.05) is 75.2 Å². The summed E-state index contributed by atoms with van der Waals surface area (Å²) in [5.74, 6) is 0.847. The molecule has 162 valence electrons. The van der Waals surface area contributed by atoms with Crippen molar-refractivity contribution in [3.05, 3.63) is 73.1 Å². The predicted octanol–water partition coefficient (Wildman–Crippen LogP) is 3.90. The highest BCUT2D eigenvalue weighted by atomic mass is 16.5. The number of methoxy groups -OCH3 is 1. The molecule has 0 aliphatic heterocycles. The summed E-state index contributed by atoms with van der Waals surface area (Å²) in [5, 5.41) is 12.3. The Morgan fingerprint density at radius 3 is 2.66 bits per heavy atom. The molecule has 1 atom stereocenters. The number of H-pyrrole nitrogens is 1. The van der Waals surface area contributed by atoms with Gasteiger partial charge in [-0.3, -0.25) is 9.36 Å². The fourth-order valence-electron chi connectivity index (χ4n) is 3.72. The van der Waals surface area contributed by atoms with Crippen molar-refractivity contribution in [1.29, 1.82) is 0 Å². The van der Waals surface area contributed by atoms with Gasteiger partial charge in [0, 0.05) is 35.6 Å². The molecule has 0 amide bonds. The molecule has 0 fully saturated rings. The first-order valence-electron chi connectivity index (χ1n) is 10.7. The quantitative estimate of drug-likeness (QED) is 0.399. The molecule has 1 N–H and O–H groups in total. The van der Waals surface area contributed by atoms with Crippen molar-refractivity contribution in [1.82, 2.24) is 29.6 Å². The number of ether oxygens (including phenoxy) is 1. The summed E-state index contributed by atoms with van der Waals surface area (Å²) >= 11 is 0. The van der Waals surface area contributed by atoms with E-state index in [0.29, 0.717) is 12.6 Å². The topological polar surface area (TPSA) is 77.7 Å². The Balaban J connectivity index is 1.48. The van der Waals surface area contributed by atoms with Gasteiger partial charge in [-0.15, -0.1) is 0 Å². The van der Waals surface area contributed by atoms with Crippen LogP contribution in [0.25, 0.3) is 28.0 Å². The van der Waals surface area contributed by atoms with Crippen LogP contribution in [0.15, 0.2) is 67.5 Å². The molecule has 0 saturated heterocycles. The highest BCUT2D eigenvalue weighted by molar-refractivity contribution is 5.74. The molecular formula is C24H26N7O+. The standard InChI is InChI=1S/C24H25N7O/c1-4-17(2)30-15-20(12-27-30)24-23-9-10-25-31(23)16-22(28-24)19-11-26-29(14-19)13-18-5-7-21(32-3)8-6-18/h5-12,14-17H,4,13H2,1-3H3/p+1/t17-/m1/s1. The van der Waals surface area contributed by atoms with Crippen LogP contribution in [-0.4, -0.2) is 36.8 Å². The van der Waals surface area contributed by atoms with Gasteiger partial charge >= 0.3 is 0 Å². The molecule has 5 aromatic rings. The van der Waals surface area contributed by atoms with Gasteiger partial charge in [-0.2, -0.15) is 15.3 Å². The van der Waals surface area contributed by atoms with Gasteiger partial charge in [-0.05, 0) is 31.0 Å². The van der Waals surface area contributed by atoms with Crippen molar-refractivity contribution in [3.8, 4) is 28.3 Å². The van der Waals surface area contributed by atoms with Crippen LogP contribution in [0.4, 0.5) is 0 Å². The third kappa shape index (κ3) is 3.75. The summed E-state index contributed by atoms with van der Waals surface area (Å²) in [5.41, 5.74) is 5.84. The molecule has 4 heterocycles. The lowest BCUT2D eigenvalue weighted by Crippen LogP contribution is -2.24. The Bertz CT molecular complexity index is 1350. The summed E-state index contributed by atoms with van der Waals surface area (Å²) in [7, 11) is 1.67. The fourth-order valence-corrected chi connectivity index (χ4v) is 3.72. The molecule has 0 aliphatic rings. The molecule has 8 nitrogen and oxygen atoms in total. The number of benzene rings is 1. The van der Waals surface area contributed by atoms with Gasteiger partial charge in [-0.25, -0.2) is 4.98 Å². The molecule has 0 spiro atoms. The molecule has 32 heavy (non-hydrogen) atoms. The normalized spacial score (nSPS) is 12.3. The van der Waals surface area contributed by atoms with Crippen molar-refractivity contribution in [2.75, 3.05) is 7.11 Å². The lowest BCUT2D eigenvalue weighted by Gasteiger charge is -2.07. The number of hydrogen-bond acceptors (Lipinski definition) is 4. The highest BCUT2D eigenvalue weighted by Crippen LogP contribution is 2.25. The van der Waals surface area contributed by atoms with Gasteiger partial charge in [0.05, 0.1) is 32.2 Å². The zero-order valence-corrected chi connectivity index (χ0v) is 18.4. The Morgan fingerprint density at radius 1 is 1.06 bits per heavy atom. The number of rotatable bonds is 7. The lowest BCUT2D eigenvalue weighted by molar-refractivity contribution is -0.576. The Kier molecular flexibility index (Phi) is 5.18. The first-order chi connectivity index (χ1) is 15.6. The summed E-state index contributed by atoms with van der Waals surface area (Å²) in [4.78, 5) is 4.99. The van der Waals surface area contributed by atoms with Gasteiger partial charge in [-0.1, -0.05) is 23.6 Å². The van der Waals surface area contributed by atoms with Gasteiger partial charge in [0.25, 0.3) is 5.52 Å². The second kappa shape index (κ2) is 8.30. The number of nitrogens with one attached hydrogen (secondary N) is 1. The van der Waals surface area contributed by atoms with Gasteiger partial charge in [0.1, 0.15) is 17.1 Å². The summed E-state index contributed by atoms with van der Waals surface area (Å²) in [6.07, 6.45) is 12.8. The Hall–Kier alpha value is -3.94. The number of aromatic nitrogens is 7. The number of nitrogens with zero attached hydrogens (tertiary/aromatic N) is 6. The van der Waals surface area contributed by atoms with E-state index in [9.17, 15) is 0 Å². The zero-order chi connectivity index (χ0) is 22.1. The lowest BCUT2D eigenvalue weighted by atomic mass is 10.2. The van der Waals surface area contributed by atoms with E-state index >= 15 is 0 Å². The van der Waals surface area contributed by atoms with Crippen molar-refractivity contribution in [3.63, 3.8) is 0 Å². The van der Waals surface area contributed by atoms with Gasteiger partial charge in [0.2, 0.25) is 6.20 Å². The molecule has 4 aromatic heterocycles. The Labute approximate surface area is 186 Å². The van der Waals surface area contributed by atoms with Crippen LogP contribution in [0.1, 0.15) is 31.9 Å². The minimum atomic E-state index is 0.345. The molecule has 0 radical (unpaired) electrons. The maximum atomic E-state index is 5.24. The van der Waals surface area contributed by atoms with E-state index in [1.165, 1.54) is 0 Å². The fraction of sp³-hybridized carbons (Fsp3) is 0.250. The maximum Gasteiger partial charge on any atom is 0.263 e. The third-order valence-electron chi connectivity index (χ3n) is 5.79. The first-order valence-corrected chi connectivity index (χ1v) is 10.7. The van der Waals surface area contributed by atoms with Crippen LogP contribution in [0.2, 0.25) is 0 Å². The molecule has 0 bridgehead atoms. The van der Waals surface area contributed by atoms with E-state index < -0.39 is 0 Å². The van der Waals surface area contributed by atoms with Crippen LogP contribution in [0.3, 0.4) is 0 Å². The first kappa shape index (κ1) is 20.0. The average molecular weight is 429 g/mol. The molecule has 0 unspecified atom stereocenters. The smallest absolute Gasteiger partial charge is 0.263 e. The van der Waals surface area contributed by atoms with E-state index in [2.05, 4.69) is 35.3 Å². The SMILES string of the molecule is CC[C@@H](C)n1cc(-c2nc(-c3cnn(Cc4ccc(OC)cc4)c3)c[n+]3[nH]ccc23)cn1. The van der Waals surface area contributed by atoms with Gasteiger partial charge < -0.3 is 4.74 Å². The van der Waals surface area contributed by atoms with E-state index in [0.717, 1.165) is 45.8 Å². The predicted molar refractivity (Wildman–Crippen MR) is 121 cm³/mol. The largest absolute Gasteiger partial charge is 0.497 e. The summed E-state index contributed by atoms with van der Waals surface area (Å²) < 4.78 is 11.1. The summed E-state index contributed by atoms with van der Waals surface area (Å²) in [6, 6.07) is 10.4. The molecule has 0 aliphatic carbocycles. The monoisotopic (exact) mass is 428 g/mol. The zero-order valence-electron chi connectivity index (χ0n) is 18.4. The minimum Gasteiger partial charge on any atom is -0.497 e. The average Bonchev–Trinajstić information content (AvgIpc) is 3.59. The third-order valence-corrected chi connectivity index (χ3v) is 5.79. The van der Waals surface area contributed by atoms with Crippen molar-refractivity contribution in [2.24, 2.45) is 0 Å². The van der Waals surface area contributed by atoms with Crippen LogP contribution >= 0.6 is 0 Å². The molecule has 1 aromatic carbocycles. The van der Waals surface area contributed by atoms with E-state index in [4.69, 9.17) is 9.72 Å². The van der Waals surface area contributed by atoms with Gasteiger partial charge in [0.15, 0.2) is 0 Å². The number of aromatic amines is 1. The maximum absolute atomic E-state index is 5.24. The number of hydrogen-bond donors (Lipinski definition) is 1. The van der Waals surface area contributed by atoms with E-state index in [1.54, 1.807) is 7.11 Å². The molecule has 5 rings (SSSR count). The van der Waals surface area contributed by atoms with Crippen molar-refractivity contribution in [2.45, 2.75) is 32.9 Å². The Morgan fingerprint density at radius 2 is 1.88 bits per heavy atom. The van der Waals surface area contributed by atoms with Crippen LogP contribution in [-0.2, 0) is 6.54 Å². The molecule has 0 saturated carbocycles. The van der Waals surface area contributed by atoms with E-state index in [-0.39, 0.29) is 0 Å². The highest BCUT2D eigenvalue weighted by Gasteiger charge is 2.20. The second-order valence-corrected chi connectivity index (χ2v) is 7.93. The molecular weight excluding hydrogens is 402 g/mol. The number of fused-ring (bicyclic) bond motifs is 1. The van der Waals surface area contributed by atoms with Crippen LogP contribution in [0, 0.1) is 0 Å². The van der Waals surface area contributed by atoms with Crippen molar-refractivity contribution >= 4 is 5.52 Å². The van der Waals surface area contributed by atoms with Crippen LogP contribution < -0.4 is 9.25 Å². The van der Waals surface area contributed by atoms with Crippen LogP contribution in [0.5, 0.6) is 5.75 Å². The second-order valence-electron chi connectivity index (χ2n) is 7.93. The minimum absolute atomic E-state index is 0.345. The summed E-state index contributed by atoms with van der Waals surface area (Å²) in [6.45, 7) is 5.00. The molecule has 8 heteroatoms.